The number of allylic oxidation sites excluding steroid dienone is 2. The van der Waals surface area contributed by atoms with E-state index in [-0.39, 0.29) is 0 Å². The van der Waals surface area contributed by atoms with E-state index < -0.39 is 0 Å². The highest BCUT2D eigenvalue weighted by Gasteiger charge is 1.87. The van der Waals surface area contributed by atoms with Crippen LogP contribution in [0.1, 0.15) is 71.6 Å². The molecule has 0 aliphatic carbocycles. The summed E-state index contributed by atoms with van der Waals surface area (Å²) < 4.78 is 5.36. The summed E-state index contributed by atoms with van der Waals surface area (Å²) in [4.78, 5) is 0. The zero-order valence-corrected chi connectivity index (χ0v) is 11.8. The monoisotopic (exact) mass is 238 g/mol. The van der Waals surface area contributed by atoms with Crippen LogP contribution in [0.15, 0.2) is 24.5 Å². The molecule has 0 radical (unpaired) electrons. The van der Waals surface area contributed by atoms with Crippen molar-refractivity contribution < 1.29 is 4.74 Å². The van der Waals surface area contributed by atoms with E-state index in [0.717, 1.165) is 12.8 Å². The van der Waals surface area contributed by atoms with E-state index in [2.05, 4.69) is 32.1 Å². The van der Waals surface area contributed by atoms with E-state index in [1.54, 1.807) is 0 Å². The van der Waals surface area contributed by atoms with E-state index in [4.69, 9.17) is 4.74 Å². The van der Waals surface area contributed by atoms with E-state index in [1.807, 2.05) is 6.26 Å². The second-order valence-corrected chi connectivity index (χ2v) is 4.52. The topological polar surface area (TPSA) is 9.23 Å². The van der Waals surface area contributed by atoms with Gasteiger partial charge in [0.15, 0.2) is 0 Å². The highest BCUT2D eigenvalue weighted by molar-refractivity contribution is 4.82. The first-order valence-corrected chi connectivity index (χ1v) is 7.33. The van der Waals surface area contributed by atoms with E-state index in [9.17, 15) is 0 Å². The first-order valence-electron chi connectivity index (χ1n) is 7.33. The maximum atomic E-state index is 5.36. The van der Waals surface area contributed by atoms with Crippen molar-refractivity contribution in [3.8, 4) is 0 Å². The molecule has 0 heterocycles. The normalized spacial score (nSPS) is 11.6. The highest BCUT2D eigenvalue weighted by Crippen LogP contribution is 2.07. The lowest BCUT2D eigenvalue weighted by Gasteiger charge is -1.98. The number of ether oxygens (including phenoxy) is 1. The Morgan fingerprint density at radius 2 is 1.47 bits per heavy atom. The number of hydrogen-bond donors (Lipinski definition) is 0. The molecule has 0 aromatic heterocycles. The molecule has 0 fully saturated rings. The minimum absolute atomic E-state index is 0.715. The third kappa shape index (κ3) is 15.3. The van der Waals surface area contributed by atoms with Crippen LogP contribution in [0.3, 0.4) is 0 Å². The molecule has 0 unspecified atom stereocenters. The quantitative estimate of drug-likeness (QED) is 0.243. The summed E-state index contributed by atoms with van der Waals surface area (Å²) in [5.41, 5.74) is 0. The van der Waals surface area contributed by atoms with Crippen LogP contribution in [0, 0.1) is 0 Å². The van der Waals surface area contributed by atoms with Crippen LogP contribution in [-0.4, -0.2) is 6.61 Å². The lowest BCUT2D eigenvalue weighted by molar-refractivity contribution is 0.288. The Balaban J connectivity index is 3.09. The van der Waals surface area contributed by atoms with Crippen LogP contribution in [0.4, 0.5) is 0 Å². The summed E-state index contributed by atoms with van der Waals surface area (Å²) in [7, 11) is 0. The summed E-state index contributed by atoms with van der Waals surface area (Å²) >= 11 is 0. The molecule has 0 aromatic carbocycles. The Labute approximate surface area is 108 Å². The van der Waals surface area contributed by atoms with Crippen LogP contribution in [0.5, 0.6) is 0 Å². The Hall–Kier alpha value is -0.720. The molecule has 0 N–H and O–H groups in total. The van der Waals surface area contributed by atoms with Crippen molar-refractivity contribution in [2.75, 3.05) is 6.61 Å². The van der Waals surface area contributed by atoms with Crippen LogP contribution in [0.25, 0.3) is 0 Å². The molecule has 0 bridgehead atoms. The van der Waals surface area contributed by atoms with Crippen molar-refractivity contribution in [3.63, 3.8) is 0 Å². The molecule has 0 aromatic rings. The maximum absolute atomic E-state index is 5.36. The standard InChI is InChI=1S/C16H30O/c1-3-5-7-9-10-11-12-14-16-17-15-13-8-6-4-2/h8,13-14,16H,3-7,9-12,15H2,1-2H3/b13-8?,16-14+. The lowest BCUT2D eigenvalue weighted by Crippen LogP contribution is -1.81. The minimum atomic E-state index is 0.715. The lowest BCUT2D eigenvalue weighted by atomic mass is 10.1. The molecular formula is C16H30O. The fraction of sp³-hybridized carbons (Fsp3) is 0.750. The zero-order chi connectivity index (χ0) is 12.6. The Morgan fingerprint density at radius 3 is 2.24 bits per heavy atom. The SMILES string of the molecule is CCCC=CCO/C=C/CCCCCCCC. The van der Waals surface area contributed by atoms with Gasteiger partial charge in [0.05, 0.1) is 6.26 Å². The molecule has 1 heteroatoms. The smallest absolute Gasteiger partial charge is 0.105 e. The molecule has 0 amide bonds. The van der Waals surface area contributed by atoms with Crippen molar-refractivity contribution in [2.45, 2.75) is 71.6 Å². The van der Waals surface area contributed by atoms with Gasteiger partial charge in [-0.1, -0.05) is 64.5 Å². The fourth-order valence-corrected chi connectivity index (χ4v) is 1.64. The van der Waals surface area contributed by atoms with E-state index >= 15 is 0 Å². The third-order valence-corrected chi connectivity index (χ3v) is 2.73. The minimum Gasteiger partial charge on any atom is -0.497 e. The molecule has 0 rings (SSSR count). The van der Waals surface area contributed by atoms with E-state index in [0.29, 0.717) is 6.61 Å². The predicted molar refractivity (Wildman–Crippen MR) is 77.1 cm³/mol. The second kappa shape index (κ2) is 15.3. The van der Waals surface area contributed by atoms with Crippen LogP contribution in [-0.2, 0) is 4.74 Å². The van der Waals surface area contributed by atoms with Gasteiger partial charge in [-0.05, 0) is 25.3 Å². The molecule has 0 spiro atoms. The number of rotatable bonds is 12. The first-order chi connectivity index (χ1) is 8.41. The van der Waals surface area contributed by atoms with Gasteiger partial charge in [-0.15, -0.1) is 0 Å². The van der Waals surface area contributed by atoms with Crippen molar-refractivity contribution in [1.82, 2.24) is 0 Å². The van der Waals surface area contributed by atoms with Crippen molar-refractivity contribution in [3.05, 3.63) is 24.5 Å². The Morgan fingerprint density at radius 1 is 0.706 bits per heavy atom. The van der Waals surface area contributed by atoms with Gasteiger partial charge in [0.1, 0.15) is 6.61 Å². The van der Waals surface area contributed by atoms with Gasteiger partial charge in [-0.25, -0.2) is 0 Å². The Bertz CT molecular complexity index is 182. The van der Waals surface area contributed by atoms with Gasteiger partial charge in [0.2, 0.25) is 0 Å². The fourth-order valence-electron chi connectivity index (χ4n) is 1.64. The van der Waals surface area contributed by atoms with Gasteiger partial charge in [0, 0.05) is 0 Å². The largest absolute Gasteiger partial charge is 0.497 e. The summed E-state index contributed by atoms with van der Waals surface area (Å²) in [5, 5.41) is 0. The predicted octanol–water partition coefficient (Wildman–Crippen LogP) is 5.62. The Kier molecular flexibility index (Phi) is 14.6. The van der Waals surface area contributed by atoms with Crippen molar-refractivity contribution in [1.29, 1.82) is 0 Å². The van der Waals surface area contributed by atoms with Crippen LogP contribution >= 0.6 is 0 Å². The summed E-state index contributed by atoms with van der Waals surface area (Å²) in [6.07, 6.45) is 20.0. The van der Waals surface area contributed by atoms with Gasteiger partial charge >= 0.3 is 0 Å². The summed E-state index contributed by atoms with van der Waals surface area (Å²) in [5.74, 6) is 0. The summed E-state index contributed by atoms with van der Waals surface area (Å²) in [6, 6.07) is 0. The highest BCUT2D eigenvalue weighted by atomic mass is 16.5. The van der Waals surface area contributed by atoms with Crippen molar-refractivity contribution in [2.24, 2.45) is 0 Å². The molecule has 100 valence electrons. The van der Waals surface area contributed by atoms with Crippen LogP contribution in [0.2, 0.25) is 0 Å². The van der Waals surface area contributed by atoms with Gasteiger partial charge in [0.25, 0.3) is 0 Å². The number of hydrogen-bond acceptors (Lipinski definition) is 1. The van der Waals surface area contributed by atoms with Gasteiger partial charge in [-0.3, -0.25) is 0 Å². The molecule has 0 atom stereocenters. The zero-order valence-electron chi connectivity index (χ0n) is 11.8. The third-order valence-electron chi connectivity index (χ3n) is 2.73. The molecule has 0 aliphatic rings. The molecule has 0 saturated heterocycles. The molecule has 17 heavy (non-hydrogen) atoms. The van der Waals surface area contributed by atoms with Gasteiger partial charge < -0.3 is 4.74 Å². The van der Waals surface area contributed by atoms with Crippen LogP contribution < -0.4 is 0 Å². The average molecular weight is 238 g/mol. The summed E-state index contributed by atoms with van der Waals surface area (Å²) in [6.45, 7) is 5.16. The van der Waals surface area contributed by atoms with Gasteiger partial charge in [-0.2, -0.15) is 0 Å². The average Bonchev–Trinajstić information content (AvgIpc) is 2.35. The molecular weight excluding hydrogens is 208 g/mol. The molecule has 0 aliphatic heterocycles. The number of unbranched alkanes of at least 4 members (excludes halogenated alkanes) is 7. The first kappa shape index (κ1) is 16.3. The van der Waals surface area contributed by atoms with Crippen molar-refractivity contribution >= 4 is 0 Å². The molecule has 1 nitrogen and oxygen atoms in total. The second-order valence-electron chi connectivity index (χ2n) is 4.52. The van der Waals surface area contributed by atoms with E-state index in [1.165, 1.54) is 44.9 Å². The maximum Gasteiger partial charge on any atom is 0.105 e. The molecule has 0 saturated carbocycles.